The third-order valence-corrected chi connectivity index (χ3v) is 4.34. The van der Waals surface area contributed by atoms with Crippen LogP contribution in [-0.2, 0) is 15.0 Å². The first kappa shape index (κ1) is 15.3. The quantitative estimate of drug-likeness (QED) is 0.694. The maximum Gasteiger partial charge on any atom is 0.254 e. The van der Waals surface area contributed by atoms with Crippen molar-refractivity contribution < 1.29 is 9.59 Å². The highest BCUT2D eigenvalue weighted by Crippen LogP contribution is 2.34. The largest absolute Gasteiger partial charge is 0.301 e. The number of amides is 2. The number of benzene rings is 1. The first-order valence-corrected chi connectivity index (χ1v) is 7.68. The maximum absolute atomic E-state index is 13.2. The van der Waals surface area contributed by atoms with Crippen LogP contribution >= 0.6 is 12.2 Å². The van der Waals surface area contributed by atoms with Crippen molar-refractivity contribution in [3.05, 3.63) is 60.3 Å². The average Bonchev–Trinajstić information content (AvgIpc) is 2.57. The number of nitrogens with one attached hydrogen (secondary N) is 1. The Morgan fingerprint density at radius 1 is 1.13 bits per heavy atom. The molecule has 2 amide bonds. The van der Waals surface area contributed by atoms with E-state index in [2.05, 4.69) is 10.3 Å². The molecule has 1 saturated heterocycles. The van der Waals surface area contributed by atoms with E-state index in [0.29, 0.717) is 17.8 Å². The van der Waals surface area contributed by atoms with Crippen LogP contribution in [0, 0.1) is 0 Å². The van der Waals surface area contributed by atoms with Gasteiger partial charge in [-0.2, -0.15) is 0 Å². The molecule has 0 bridgehead atoms. The van der Waals surface area contributed by atoms with Gasteiger partial charge in [0, 0.05) is 6.20 Å². The van der Waals surface area contributed by atoms with Crippen LogP contribution in [-0.4, -0.2) is 21.9 Å². The topological polar surface area (TPSA) is 62.3 Å². The first-order valence-electron chi connectivity index (χ1n) is 7.28. The first-order chi connectivity index (χ1) is 11.1. The zero-order valence-corrected chi connectivity index (χ0v) is 13.3. The smallest absolute Gasteiger partial charge is 0.254 e. The molecule has 0 radical (unpaired) electrons. The molecule has 1 aromatic heterocycles. The van der Waals surface area contributed by atoms with Gasteiger partial charge in [-0.1, -0.05) is 43.3 Å². The Morgan fingerprint density at radius 2 is 1.83 bits per heavy atom. The Balaban J connectivity index is 2.15. The molecule has 2 heterocycles. The number of carbonyl (C=O) groups excluding carboxylic acids is 2. The summed E-state index contributed by atoms with van der Waals surface area (Å²) in [7, 11) is 0. The molecule has 1 fully saturated rings. The predicted octanol–water partition coefficient (Wildman–Crippen LogP) is 2.18. The fraction of sp³-hybridized carbons (Fsp3) is 0.176. The molecule has 1 unspecified atom stereocenters. The molecule has 23 heavy (non-hydrogen) atoms. The normalized spacial score (nSPS) is 21.3. The van der Waals surface area contributed by atoms with Crippen molar-refractivity contribution in [2.24, 2.45) is 0 Å². The van der Waals surface area contributed by atoms with Gasteiger partial charge in [-0.05, 0) is 36.3 Å². The molecule has 1 atom stereocenters. The maximum atomic E-state index is 13.2. The Kier molecular flexibility index (Phi) is 3.92. The number of rotatable bonds is 3. The van der Waals surface area contributed by atoms with Crippen molar-refractivity contribution >= 4 is 35.0 Å². The predicted molar refractivity (Wildman–Crippen MR) is 90.9 cm³/mol. The zero-order chi connectivity index (χ0) is 16.4. The summed E-state index contributed by atoms with van der Waals surface area (Å²) in [5, 5.41) is 2.71. The number of hydrogen-bond donors (Lipinski definition) is 1. The minimum absolute atomic E-state index is 0.0544. The van der Waals surface area contributed by atoms with Crippen molar-refractivity contribution in [3.63, 3.8) is 0 Å². The second kappa shape index (κ2) is 5.89. The van der Waals surface area contributed by atoms with E-state index in [9.17, 15) is 9.59 Å². The van der Waals surface area contributed by atoms with E-state index in [1.807, 2.05) is 25.1 Å². The van der Waals surface area contributed by atoms with Crippen molar-refractivity contribution in [2.45, 2.75) is 18.8 Å². The summed E-state index contributed by atoms with van der Waals surface area (Å²) in [6.45, 7) is 1.81. The van der Waals surface area contributed by atoms with Crippen molar-refractivity contribution in [2.75, 3.05) is 4.90 Å². The van der Waals surface area contributed by atoms with Gasteiger partial charge in [0.15, 0.2) is 10.5 Å². The fourth-order valence-electron chi connectivity index (χ4n) is 2.83. The van der Waals surface area contributed by atoms with Gasteiger partial charge in [0.05, 0.1) is 0 Å². The lowest BCUT2D eigenvalue weighted by atomic mass is 9.75. The molecular weight excluding hydrogens is 310 g/mol. The average molecular weight is 325 g/mol. The lowest BCUT2D eigenvalue weighted by Crippen LogP contribution is -2.66. The number of anilines is 1. The van der Waals surface area contributed by atoms with Crippen LogP contribution < -0.4 is 10.2 Å². The third kappa shape index (κ3) is 2.31. The van der Waals surface area contributed by atoms with Gasteiger partial charge in [0.1, 0.15) is 5.82 Å². The molecule has 2 aromatic rings. The van der Waals surface area contributed by atoms with Crippen LogP contribution in [0.25, 0.3) is 0 Å². The molecule has 5 nitrogen and oxygen atoms in total. The Labute approximate surface area is 139 Å². The molecule has 6 heteroatoms. The Hall–Kier alpha value is -2.60. The van der Waals surface area contributed by atoms with Crippen LogP contribution in [0.2, 0.25) is 0 Å². The van der Waals surface area contributed by atoms with Gasteiger partial charge in [-0.25, -0.2) is 9.88 Å². The van der Waals surface area contributed by atoms with E-state index in [-0.39, 0.29) is 11.0 Å². The molecule has 1 N–H and O–H groups in total. The number of pyridine rings is 1. The molecule has 1 aliphatic rings. The number of aromatic nitrogens is 1. The molecule has 3 rings (SSSR count). The van der Waals surface area contributed by atoms with Gasteiger partial charge in [-0.3, -0.25) is 9.59 Å². The molecule has 116 valence electrons. The van der Waals surface area contributed by atoms with Gasteiger partial charge >= 0.3 is 0 Å². The minimum atomic E-state index is -1.30. The Morgan fingerprint density at radius 3 is 2.43 bits per heavy atom. The van der Waals surface area contributed by atoms with E-state index >= 15 is 0 Å². The fourth-order valence-corrected chi connectivity index (χ4v) is 3.10. The number of nitrogens with zero attached hydrogens (tertiary/aromatic N) is 2. The van der Waals surface area contributed by atoms with Crippen LogP contribution in [0.3, 0.4) is 0 Å². The van der Waals surface area contributed by atoms with Gasteiger partial charge in [-0.15, -0.1) is 0 Å². The second-order valence-electron chi connectivity index (χ2n) is 5.21. The number of thiocarbonyl (C=S) groups is 1. The summed E-state index contributed by atoms with van der Waals surface area (Å²) in [4.78, 5) is 31.4. The standard InChI is InChI=1S/C17H15N3O2S/c1-2-17(12-8-4-3-5-9-12)14(21)19-16(23)20(15(17)22)13-10-6-7-11-18-13/h3-11H,2H2,1H3,(H,19,21,23). The van der Waals surface area contributed by atoms with E-state index in [0.717, 1.165) is 0 Å². The molecule has 0 spiro atoms. The van der Waals surface area contributed by atoms with Crippen LogP contribution in [0.4, 0.5) is 5.82 Å². The summed E-state index contributed by atoms with van der Waals surface area (Å²) >= 11 is 5.20. The third-order valence-electron chi connectivity index (χ3n) is 4.05. The molecule has 0 saturated carbocycles. The summed E-state index contributed by atoms with van der Waals surface area (Å²) in [5.74, 6) is -0.372. The summed E-state index contributed by atoms with van der Waals surface area (Å²) < 4.78 is 0. The van der Waals surface area contributed by atoms with Crippen LogP contribution in [0.5, 0.6) is 0 Å². The highest BCUT2D eigenvalue weighted by Gasteiger charge is 2.53. The van der Waals surface area contributed by atoms with E-state index in [1.165, 1.54) is 4.90 Å². The monoisotopic (exact) mass is 325 g/mol. The SMILES string of the molecule is CCC1(c2ccccc2)C(=O)NC(=S)N(c2ccccn2)C1=O. The zero-order valence-electron chi connectivity index (χ0n) is 12.5. The van der Waals surface area contributed by atoms with Crippen molar-refractivity contribution in [3.8, 4) is 0 Å². The molecule has 1 aromatic carbocycles. The van der Waals surface area contributed by atoms with Gasteiger partial charge in [0.2, 0.25) is 5.91 Å². The molecule has 0 aliphatic carbocycles. The lowest BCUT2D eigenvalue weighted by molar-refractivity contribution is -0.136. The van der Waals surface area contributed by atoms with Crippen molar-refractivity contribution in [1.82, 2.24) is 10.3 Å². The highest BCUT2D eigenvalue weighted by atomic mass is 32.1. The van der Waals surface area contributed by atoms with Gasteiger partial charge < -0.3 is 5.32 Å². The van der Waals surface area contributed by atoms with E-state index < -0.39 is 11.3 Å². The lowest BCUT2D eigenvalue weighted by Gasteiger charge is -2.40. The highest BCUT2D eigenvalue weighted by molar-refractivity contribution is 7.80. The van der Waals surface area contributed by atoms with Gasteiger partial charge in [0.25, 0.3) is 5.91 Å². The number of hydrogen-bond acceptors (Lipinski definition) is 4. The molecule has 1 aliphatic heterocycles. The van der Waals surface area contributed by atoms with Crippen LogP contribution in [0.15, 0.2) is 54.7 Å². The van der Waals surface area contributed by atoms with E-state index in [1.54, 1.807) is 36.5 Å². The summed E-state index contributed by atoms with van der Waals surface area (Å²) in [6.07, 6.45) is 1.91. The van der Waals surface area contributed by atoms with Crippen molar-refractivity contribution in [1.29, 1.82) is 0 Å². The van der Waals surface area contributed by atoms with E-state index in [4.69, 9.17) is 12.2 Å². The Bertz CT molecular complexity index is 764. The minimum Gasteiger partial charge on any atom is -0.301 e. The summed E-state index contributed by atoms with van der Waals surface area (Å²) in [5.41, 5.74) is -0.658. The second-order valence-corrected chi connectivity index (χ2v) is 5.60. The summed E-state index contributed by atoms with van der Waals surface area (Å²) in [6, 6.07) is 14.2. The molecular formula is C17H15N3O2S. The number of carbonyl (C=O) groups is 2. The van der Waals surface area contributed by atoms with Crippen LogP contribution in [0.1, 0.15) is 18.9 Å².